The highest BCUT2D eigenvalue weighted by Gasteiger charge is 2.16. The second kappa shape index (κ2) is 8.92. The quantitative estimate of drug-likeness (QED) is 0.716. The first-order valence-electron chi connectivity index (χ1n) is 8.21. The summed E-state index contributed by atoms with van der Waals surface area (Å²) in [6.07, 6.45) is 0.660. The predicted octanol–water partition coefficient (Wildman–Crippen LogP) is 3.06. The summed E-state index contributed by atoms with van der Waals surface area (Å²) in [4.78, 5) is 11.9. The molecule has 0 radical (unpaired) electrons. The minimum atomic E-state index is -3.62. The number of rotatable bonds is 8. The second-order valence-corrected chi connectivity index (χ2v) is 7.58. The third-order valence-corrected chi connectivity index (χ3v) is 5.28. The molecule has 0 aliphatic rings. The monoisotopic (exact) mass is 398 g/mol. The highest BCUT2D eigenvalue weighted by molar-refractivity contribution is 7.89. The van der Waals surface area contributed by atoms with Crippen LogP contribution in [0.2, 0.25) is 0 Å². The molecule has 27 heavy (non-hydrogen) atoms. The minimum Gasteiger partial charge on any atom is -0.484 e. The zero-order chi connectivity index (χ0) is 20.0. The van der Waals surface area contributed by atoms with E-state index >= 15 is 0 Å². The van der Waals surface area contributed by atoms with E-state index in [4.69, 9.17) is 4.74 Å². The summed E-state index contributed by atoms with van der Waals surface area (Å²) in [6, 6.07) is 8.38. The van der Waals surface area contributed by atoms with Crippen LogP contribution in [0.15, 0.2) is 47.4 Å². The van der Waals surface area contributed by atoms with E-state index < -0.39 is 27.6 Å². The molecule has 0 aromatic heterocycles. The number of hydrogen-bond donors (Lipinski definition) is 2. The summed E-state index contributed by atoms with van der Waals surface area (Å²) in [5.41, 5.74) is 0.0973. The number of carbonyl (C=O) groups is 1. The van der Waals surface area contributed by atoms with Gasteiger partial charge in [0.15, 0.2) is 18.2 Å². The maximum Gasteiger partial charge on any atom is 0.262 e. The Hall–Kier alpha value is -2.52. The number of benzene rings is 2. The van der Waals surface area contributed by atoms with Crippen LogP contribution >= 0.6 is 0 Å². The van der Waals surface area contributed by atoms with Crippen LogP contribution in [0.5, 0.6) is 5.75 Å². The van der Waals surface area contributed by atoms with Crippen molar-refractivity contribution in [1.29, 1.82) is 0 Å². The molecule has 1 atom stereocenters. The Bertz CT molecular complexity index is 902. The van der Waals surface area contributed by atoms with E-state index in [1.54, 1.807) is 6.92 Å². The number of ether oxygens (including phenoxy) is 1. The third-order valence-electron chi connectivity index (χ3n) is 3.68. The second-order valence-electron chi connectivity index (χ2n) is 5.87. The molecule has 0 saturated carbocycles. The van der Waals surface area contributed by atoms with E-state index in [9.17, 15) is 22.0 Å². The summed E-state index contributed by atoms with van der Waals surface area (Å²) in [6.45, 7) is 3.26. The highest BCUT2D eigenvalue weighted by Crippen LogP contribution is 2.17. The molecule has 6 nitrogen and oxygen atoms in total. The van der Waals surface area contributed by atoms with Crippen molar-refractivity contribution in [2.24, 2.45) is 0 Å². The van der Waals surface area contributed by atoms with Gasteiger partial charge in [-0.25, -0.2) is 21.9 Å². The van der Waals surface area contributed by atoms with Gasteiger partial charge in [0.1, 0.15) is 5.75 Å². The summed E-state index contributed by atoms with van der Waals surface area (Å²) < 4.78 is 58.1. The van der Waals surface area contributed by atoms with Gasteiger partial charge in [0.05, 0.1) is 4.90 Å². The molecule has 0 unspecified atom stereocenters. The highest BCUT2D eigenvalue weighted by atomic mass is 32.2. The Balaban J connectivity index is 1.92. The standard InChI is InChI=1S/C18H20F2N2O4S/c1-3-12(2)22-27(24,25)15-7-5-14(6-8-15)26-11-18(23)21-13-4-9-16(19)17(20)10-13/h4-10,12,22H,3,11H2,1-2H3,(H,21,23)/t12-/m0/s1. The van der Waals surface area contributed by atoms with Crippen LogP contribution in [-0.4, -0.2) is 27.0 Å². The molecule has 0 spiro atoms. The van der Waals surface area contributed by atoms with Crippen molar-refractivity contribution in [2.75, 3.05) is 11.9 Å². The molecule has 146 valence electrons. The molecule has 0 heterocycles. The van der Waals surface area contributed by atoms with Gasteiger partial charge < -0.3 is 10.1 Å². The van der Waals surface area contributed by atoms with Gasteiger partial charge >= 0.3 is 0 Å². The summed E-state index contributed by atoms with van der Waals surface area (Å²) in [7, 11) is -3.62. The lowest BCUT2D eigenvalue weighted by atomic mass is 10.3. The largest absolute Gasteiger partial charge is 0.484 e. The first kappa shape index (κ1) is 20.8. The van der Waals surface area contributed by atoms with Crippen molar-refractivity contribution in [3.05, 3.63) is 54.1 Å². The van der Waals surface area contributed by atoms with Gasteiger partial charge in [-0.1, -0.05) is 6.92 Å². The summed E-state index contributed by atoms with van der Waals surface area (Å²) in [5, 5.41) is 2.37. The lowest BCUT2D eigenvalue weighted by Gasteiger charge is -2.12. The maximum atomic E-state index is 13.1. The SMILES string of the molecule is CC[C@H](C)NS(=O)(=O)c1ccc(OCC(=O)Nc2ccc(F)c(F)c2)cc1. The number of amides is 1. The lowest BCUT2D eigenvalue weighted by molar-refractivity contribution is -0.118. The normalized spacial score (nSPS) is 12.4. The number of anilines is 1. The molecule has 0 fully saturated rings. The number of carbonyl (C=O) groups excluding carboxylic acids is 1. The maximum absolute atomic E-state index is 13.1. The van der Waals surface area contributed by atoms with Gasteiger partial charge in [-0.3, -0.25) is 4.79 Å². The van der Waals surface area contributed by atoms with E-state index in [1.807, 2.05) is 6.92 Å². The van der Waals surface area contributed by atoms with Gasteiger partial charge in [-0.15, -0.1) is 0 Å². The van der Waals surface area contributed by atoms with Crippen molar-refractivity contribution in [2.45, 2.75) is 31.2 Å². The van der Waals surface area contributed by atoms with E-state index in [0.29, 0.717) is 6.42 Å². The number of sulfonamides is 1. The van der Waals surface area contributed by atoms with Crippen LogP contribution in [0.25, 0.3) is 0 Å². The van der Waals surface area contributed by atoms with E-state index in [0.717, 1.165) is 12.1 Å². The molecule has 0 aliphatic carbocycles. The Morgan fingerprint density at radius 3 is 2.37 bits per heavy atom. The van der Waals surface area contributed by atoms with Gasteiger partial charge in [0.25, 0.3) is 5.91 Å². The third kappa shape index (κ3) is 6.00. The van der Waals surface area contributed by atoms with Crippen molar-refractivity contribution >= 4 is 21.6 Å². The van der Waals surface area contributed by atoms with Crippen LogP contribution < -0.4 is 14.8 Å². The molecular formula is C18H20F2N2O4S. The zero-order valence-electron chi connectivity index (χ0n) is 14.8. The molecule has 2 aromatic carbocycles. The fourth-order valence-corrected chi connectivity index (χ4v) is 3.38. The number of nitrogens with one attached hydrogen (secondary N) is 2. The molecule has 0 bridgehead atoms. The molecule has 2 aromatic rings. The Morgan fingerprint density at radius 1 is 1.11 bits per heavy atom. The molecule has 1 amide bonds. The van der Waals surface area contributed by atoms with Gasteiger partial charge in [0, 0.05) is 17.8 Å². The topological polar surface area (TPSA) is 84.5 Å². The van der Waals surface area contributed by atoms with Crippen molar-refractivity contribution < 1.29 is 26.7 Å². The molecule has 0 aliphatic heterocycles. The molecule has 2 rings (SSSR count). The van der Waals surface area contributed by atoms with Gasteiger partial charge in [0.2, 0.25) is 10.0 Å². The van der Waals surface area contributed by atoms with Crippen LogP contribution in [0, 0.1) is 11.6 Å². The van der Waals surface area contributed by atoms with Crippen molar-refractivity contribution in [3.63, 3.8) is 0 Å². The van der Waals surface area contributed by atoms with Crippen LogP contribution in [-0.2, 0) is 14.8 Å². The molecular weight excluding hydrogens is 378 g/mol. The molecule has 9 heteroatoms. The van der Waals surface area contributed by atoms with Crippen LogP contribution in [0.1, 0.15) is 20.3 Å². The van der Waals surface area contributed by atoms with Crippen molar-refractivity contribution in [1.82, 2.24) is 4.72 Å². The van der Waals surface area contributed by atoms with E-state index in [1.165, 1.54) is 30.3 Å². The predicted molar refractivity (Wildman–Crippen MR) is 97.0 cm³/mol. The van der Waals surface area contributed by atoms with Crippen LogP contribution in [0.4, 0.5) is 14.5 Å². The Kier molecular flexibility index (Phi) is 6.86. The fourth-order valence-electron chi connectivity index (χ4n) is 2.05. The fraction of sp³-hybridized carbons (Fsp3) is 0.278. The smallest absolute Gasteiger partial charge is 0.262 e. The lowest BCUT2D eigenvalue weighted by Crippen LogP contribution is -2.31. The van der Waals surface area contributed by atoms with E-state index in [2.05, 4.69) is 10.0 Å². The Labute approximate surface area is 156 Å². The minimum absolute atomic E-state index is 0.0846. The first-order valence-corrected chi connectivity index (χ1v) is 9.69. The average Bonchev–Trinajstić information content (AvgIpc) is 2.63. The van der Waals surface area contributed by atoms with Gasteiger partial charge in [-0.2, -0.15) is 0 Å². The number of hydrogen-bond acceptors (Lipinski definition) is 4. The zero-order valence-corrected chi connectivity index (χ0v) is 15.6. The molecule has 2 N–H and O–H groups in total. The summed E-state index contributed by atoms with van der Waals surface area (Å²) >= 11 is 0. The van der Waals surface area contributed by atoms with Crippen LogP contribution in [0.3, 0.4) is 0 Å². The summed E-state index contributed by atoms with van der Waals surface area (Å²) in [5.74, 6) is -2.37. The number of halogens is 2. The van der Waals surface area contributed by atoms with Crippen molar-refractivity contribution in [3.8, 4) is 5.75 Å². The average molecular weight is 398 g/mol. The molecule has 0 saturated heterocycles. The van der Waals surface area contributed by atoms with Gasteiger partial charge in [-0.05, 0) is 49.7 Å². The Morgan fingerprint density at radius 2 is 1.78 bits per heavy atom. The first-order chi connectivity index (χ1) is 12.7. The van der Waals surface area contributed by atoms with E-state index in [-0.39, 0.29) is 29.0 Å².